The molecule has 0 spiro atoms. The first kappa shape index (κ1) is 17.2. The van der Waals surface area contributed by atoms with Gasteiger partial charge in [0.25, 0.3) is 0 Å². The first-order valence-electron chi connectivity index (χ1n) is 7.97. The van der Waals surface area contributed by atoms with E-state index in [1.165, 1.54) is 35.4 Å². The van der Waals surface area contributed by atoms with Crippen LogP contribution in [0.25, 0.3) is 0 Å². The molecule has 0 heterocycles. The van der Waals surface area contributed by atoms with Crippen molar-refractivity contribution in [1.82, 2.24) is 5.32 Å². The average molecular weight is 317 g/mol. The summed E-state index contributed by atoms with van der Waals surface area (Å²) < 4.78 is 5.58. The summed E-state index contributed by atoms with van der Waals surface area (Å²) in [5.41, 5.74) is 3.99. The van der Waals surface area contributed by atoms with Crippen LogP contribution in [0.4, 0.5) is 0 Å². The maximum atomic E-state index is 5.58. The standard InChI is InChI=1S/C19H27NOS/c1-15(17-9-5-4-6-10-17)20-18-12-16(8-7-11-22-3)13-19(14-18)21-2/h4-6,9-10,12,14-15,19-20H,7-8,11,13H2,1-3H3. The molecule has 0 fully saturated rings. The molecule has 2 atom stereocenters. The van der Waals surface area contributed by atoms with E-state index in [9.17, 15) is 0 Å². The highest BCUT2D eigenvalue weighted by Crippen LogP contribution is 2.24. The summed E-state index contributed by atoms with van der Waals surface area (Å²) in [5.74, 6) is 1.22. The number of allylic oxidation sites excluding steroid dienone is 1. The predicted octanol–water partition coefficient (Wildman–Crippen LogP) is 4.71. The van der Waals surface area contributed by atoms with E-state index in [-0.39, 0.29) is 6.10 Å². The van der Waals surface area contributed by atoms with Crippen molar-refractivity contribution in [2.24, 2.45) is 0 Å². The lowest BCUT2D eigenvalue weighted by Gasteiger charge is -2.24. The third-order valence-electron chi connectivity index (χ3n) is 4.02. The molecule has 0 aromatic heterocycles. The van der Waals surface area contributed by atoms with Crippen molar-refractivity contribution < 1.29 is 4.74 Å². The molecule has 0 bridgehead atoms. The zero-order valence-electron chi connectivity index (χ0n) is 13.8. The summed E-state index contributed by atoms with van der Waals surface area (Å²) >= 11 is 1.92. The van der Waals surface area contributed by atoms with Crippen LogP contribution in [-0.4, -0.2) is 25.2 Å². The minimum atomic E-state index is 0.194. The summed E-state index contributed by atoms with van der Waals surface area (Å²) in [7, 11) is 1.80. The minimum Gasteiger partial charge on any atom is -0.379 e. The minimum absolute atomic E-state index is 0.194. The molecule has 0 aliphatic heterocycles. The van der Waals surface area contributed by atoms with E-state index in [1.807, 2.05) is 11.8 Å². The fourth-order valence-electron chi connectivity index (χ4n) is 2.78. The highest BCUT2D eigenvalue weighted by molar-refractivity contribution is 7.98. The van der Waals surface area contributed by atoms with Gasteiger partial charge in [0.1, 0.15) is 0 Å². The molecule has 0 amide bonds. The molecule has 0 saturated heterocycles. The second-order valence-corrected chi connectivity index (χ2v) is 6.76. The Balaban J connectivity index is 2.01. The molecule has 2 rings (SSSR count). The quantitative estimate of drug-likeness (QED) is 0.702. The van der Waals surface area contributed by atoms with Crippen molar-refractivity contribution in [3.8, 4) is 0 Å². The van der Waals surface area contributed by atoms with Crippen LogP contribution in [0.1, 0.15) is 37.8 Å². The van der Waals surface area contributed by atoms with Gasteiger partial charge < -0.3 is 10.1 Å². The van der Waals surface area contributed by atoms with Crippen molar-refractivity contribution in [3.05, 3.63) is 59.3 Å². The smallest absolute Gasteiger partial charge is 0.0811 e. The zero-order valence-corrected chi connectivity index (χ0v) is 14.7. The maximum absolute atomic E-state index is 5.58. The van der Waals surface area contributed by atoms with E-state index in [1.54, 1.807) is 7.11 Å². The summed E-state index contributed by atoms with van der Waals surface area (Å²) in [6.07, 6.45) is 10.3. The van der Waals surface area contributed by atoms with Gasteiger partial charge in [0.2, 0.25) is 0 Å². The Bertz CT molecular complexity index is 509. The molecule has 3 heteroatoms. The lowest BCUT2D eigenvalue weighted by molar-refractivity contribution is 0.138. The fourth-order valence-corrected chi connectivity index (χ4v) is 3.21. The molecule has 1 aliphatic carbocycles. The predicted molar refractivity (Wildman–Crippen MR) is 97.2 cm³/mol. The maximum Gasteiger partial charge on any atom is 0.0811 e. The molecule has 0 saturated carbocycles. The molecule has 2 nitrogen and oxygen atoms in total. The van der Waals surface area contributed by atoms with Crippen molar-refractivity contribution in [1.29, 1.82) is 0 Å². The van der Waals surface area contributed by atoms with Gasteiger partial charge in [-0.15, -0.1) is 0 Å². The van der Waals surface area contributed by atoms with Gasteiger partial charge in [-0.25, -0.2) is 0 Å². The topological polar surface area (TPSA) is 21.3 Å². The van der Waals surface area contributed by atoms with E-state index in [0.29, 0.717) is 6.04 Å². The van der Waals surface area contributed by atoms with E-state index < -0.39 is 0 Å². The molecular weight excluding hydrogens is 290 g/mol. The Morgan fingerprint density at radius 1 is 1.32 bits per heavy atom. The van der Waals surface area contributed by atoms with Crippen LogP contribution >= 0.6 is 11.8 Å². The van der Waals surface area contributed by atoms with Gasteiger partial charge in [-0.3, -0.25) is 0 Å². The second kappa shape index (κ2) is 9.06. The third-order valence-corrected chi connectivity index (χ3v) is 4.72. The molecule has 22 heavy (non-hydrogen) atoms. The molecule has 2 unspecified atom stereocenters. The first-order valence-corrected chi connectivity index (χ1v) is 9.36. The monoisotopic (exact) mass is 317 g/mol. The van der Waals surface area contributed by atoms with Gasteiger partial charge in [-0.2, -0.15) is 11.8 Å². The van der Waals surface area contributed by atoms with Crippen LogP contribution in [0.2, 0.25) is 0 Å². The fraction of sp³-hybridized carbons (Fsp3) is 0.474. The molecule has 120 valence electrons. The van der Waals surface area contributed by atoms with Gasteiger partial charge in [0.15, 0.2) is 0 Å². The van der Waals surface area contributed by atoms with Crippen molar-refractivity contribution in [2.75, 3.05) is 19.1 Å². The lowest BCUT2D eigenvalue weighted by atomic mass is 9.96. The number of nitrogens with one attached hydrogen (secondary N) is 1. The van der Waals surface area contributed by atoms with Crippen LogP contribution in [0.15, 0.2) is 53.8 Å². The molecular formula is C19H27NOS. The number of hydrogen-bond acceptors (Lipinski definition) is 3. The Kier molecular flexibility index (Phi) is 7.07. The van der Waals surface area contributed by atoms with Crippen LogP contribution in [0.3, 0.4) is 0 Å². The number of ether oxygens (including phenoxy) is 1. The van der Waals surface area contributed by atoms with Crippen LogP contribution in [0, 0.1) is 0 Å². The summed E-state index contributed by atoms with van der Waals surface area (Å²) in [6.45, 7) is 2.20. The molecule has 1 N–H and O–H groups in total. The number of hydrogen-bond donors (Lipinski definition) is 1. The average Bonchev–Trinajstić information content (AvgIpc) is 2.55. The van der Waals surface area contributed by atoms with Crippen LogP contribution < -0.4 is 5.32 Å². The van der Waals surface area contributed by atoms with E-state index in [0.717, 1.165) is 6.42 Å². The van der Waals surface area contributed by atoms with Gasteiger partial charge >= 0.3 is 0 Å². The number of rotatable bonds is 8. The van der Waals surface area contributed by atoms with Crippen LogP contribution in [0.5, 0.6) is 0 Å². The van der Waals surface area contributed by atoms with Crippen molar-refractivity contribution in [3.63, 3.8) is 0 Å². The molecule has 1 aromatic rings. The van der Waals surface area contributed by atoms with Gasteiger partial charge in [-0.05, 0) is 55.9 Å². The van der Waals surface area contributed by atoms with E-state index in [4.69, 9.17) is 4.74 Å². The number of benzene rings is 1. The van der Waals surface area contributed by atoms with Gasteiger partial charge in [0, 0.05) is 18.8 Å². The van der Waals surface area contributed by atoms with E-state index >= 15 is 0 Å². The van der Waals surface area contributed by atoms with Gasteiger partial charge in [-0.1, -0.05) is 35.9 Å². The molecule has 1 aliphatic rings. The lowest BCUT2D eigenvalue weighted by Crippen LogP contribution is -2.23. The SMILES string of the molecule is COC1C=C(NC(C)c2ccccc2)C=C(CCCSC)C1. The third kappa shape index (κ3) is 5.22. The Labute approximate surface area is 139 Å². The number of methoxy groups -OCH3 is 1. The molecule has 0 radical (unpaired) electrons. The zero-order chi connectivity index (χ0) is 15.8. The Morgan fingerprint density at radius 2 is 2.09 bits per heavy atom. The Morgan fingerprint density at radius 3 is 2.77 bits per heavy atom. The largest absolute Gasteiger partial charge is 0.379 e. The summed E-state index contributed by atoms with van der Waals surface area (Å²) in [5, 5.41) is 3.62. The number of thioether (sulfide) groups is 1. The molecule has 1 aromatic carbocycles. The highest BCUT2D eigenvalue weighted by atomic mass is 32.2. The van der Waals surface area contributed by atoms with E-state index in [2.05, 4.69) is 61.0 Å². The van der Waals surface area contributed by atoms with Gasteiger partial charge in [0.05, 0.1) is 6.10 Å². The highest BCUT2D eigenvalue weighted by Gasteiger charge is 2.16. The Hall–Kier alpha value is -1.19. The normalized spacial score (nSPS) is 19.3. The second-order valence-electron chi connectivity index (χ2n) is 5.78. The summed E-state index contributed by atoms with van der Waals surface area (Å²) in [6, 6.07) is 10.9. The van der Waals surface area contributed by atoms with Crippen LogP contribution in [-0.2, 0) is 4.74 Å². The van der Waals surface area contributed by atoms with Crippen molar-refractivity contribution in [2.45, 2.75) is 38.3 Å². The first-order chi connectivity index (χ1) is 10.7. The summed E-state index contributed by atoms with van der Waals surface area (Å²) in [4.78, 5) is 0. The van der Waals surface area contributed by atoms with Crippen molar-refractivity contribution >= 4 is 11.8 Å².